The third kappa shape index (κ3) is 5.03. The lowest BCUT2D eigenvalue weighted by atomic mass is 10.1. The number of carbonyl (C=O) groups excluding carboxylic acids is 1. The van der Waals surface area contributed by atoms with Crippen LogP contribution >= 0.6 is 11.6 Å². The summed E-state index contributed by atoms with van der Waals surface area (Å²) in [6.45, 7) is 1.31. The normalized spacial score (nSPS) is 14.2. The van der Waals surface area contributed by atoms with Crippen molar-refractivity contribution in [3.05, 3.63) is 72.0 Å². The molecule has 0 bridgehead atoms. The molecule has 0 spiro atoms. The van der Waals surface area contributed by atoms with E-state index in [9.17, 15) is 9.18 Å². The molecule has 0 saturated carbocycles. The average molecular weight is 513 g/mol. The van der Waals surface area contributed by atoms with Crippen LogP contribution in [-0.4, -0.2) is 40.7 Å². The number of hydrogen-bond donors (Lipinski definition) is 2. The Morgan fingerprint density at radius 2 is 2.06 bits per heavy atom. The maximum Gasteiger partial charge on any atom is 0.248 e. The second-order valence-electron chi connectivity index (χ2n) is 7.72. The summed E-state index contributed by atoms with van der Waals surface area (Å²) in [6.07, 6.45) is 7.74. The van der Waals surface area contributed by atoms with E-state index in [-0.39, 0.29) is 16.5 Å². The van der Waals surface area contributed by atoms with Gasteiger partial charge in [-0.25, -0.2) is 14.4 Å². The fraction of sp³-hybridized carbons (Fsp3) is 0.160. The van der Waals surface area contributed by atoms with Gasteiger partial charge in [0, 0.05) is 29.8 Å². The Hall–Kier alpha value is -4.31. The number of nitrogens with zero attached hydrogens (tertiary/aromatic N) is 3. The summed E-state index contributed by atoms with van der Waals surface area (Å²) < 4.78 is 54.1. The van der Waals surface area contributed by atoms with Gasteiger partial charge in [0.1, 0.15) is 36.9 Å². The highest BCUT2D eigenvalue weighted by atomic mass is 35.5. The van der Waals surface area contributed by atoms with Crippen molar-refractivity contribution in [1.82, 2.24) is 14.5 Å². The number of nitrogens with one attached hydrogen (secondary N) is 2. The number of methoxy groups -OCH3 is 1. The zero-order valence-corrected chi connectivity index (χ0v) is 19.4. The lowest BCUT2D eigenvalue weighted by Crippen LogP contribution is -2.13. The van der Waals surface area contributed by atoms with Gasteiger partial charge < -0.3 is 29.4 Å². The van der Waals surface area contributed by atoms with E-state index in [0.717, 1.165) is 0 Å². The number of carbonyl (C=O) groups is 1. The van der Waals surface area contributed by atoms with Crippen LogP contribution in [0.15, 0.2) is 61.2 Å². The molecule has 5 rings (SSSR count). The van der Waals surface area contributed by atoms with Crippen molar-refractivity contribution in [1.29, 1.82) is 0 Å². The number of amides is 1. The molecule has 3 heterocycles. The lowest BCUT2D eigenvalue weighted by molar-refractivity contribution is -0.111. The van der Waals surface area contributed by atoms with E-state index in [2.05, 4.69) is 20.6 Å². The molecule has 2 aromatic heterocycles. The molecule has 0 atom stereocenters. The number of rotatable bonds is 7. The average Bonchev–Trinajstić information content (AvgIpc) is 3.29. The summed E-state index contributed by atoms with van der Waals surface area (Å²) in [5.41, 5.74) is 0.885. The summed E-state index contributed by atoms with van der Waals surface area (Å²) in [6, 6.07) is 6.95. The number of halogens is 2. The first-order valence-corrected chi connectivity index (χ1v) is 11.2. The molecular weight excluding hydrogens is 489 g/mol. The maximum absolute atomic E-state index is 13.6. The Bertz CT molecular complexity index is 1550. The standard InChI is InChI=1S/C25H21ClFN5O4/c1-34-21-11-19-16(25(29-14-28-19)30-15-4-5-18(27)17(26)9-15)10-20(21)31-24(33)3-2-6-32-12-22-23(13-32)36-8-7-35-22/h2-5,9-14H,6-8H2,1H3,(H,31,33)(H,28,29,30)/b3-2+/i1D3. The van der Waals surface area contributed by atoms with Gasteiger partial charge in [-0.05, 0) is 24.3 Å². The molecule has 11 heteroatoms. The van der Waals surface area contributed by atoms with Crippen molar-refractivity contribution in [3.8, 4) is 17.2 Å². The highest BCUT2D eigenvalue weighted by molar-refractivity contribution is 6.31. The largest absolute Gasteiger partial charge is 0.494 e. The topological polar surface area (TPSA) is 99.5 Å². The van der Waals surface area contributed by atoms with Gasteiger partial charge in [0.2, 0.25) is 5.91 Å². The number of allylic oxidation sites excluding steroid dienone is 1. The first kappa shape index (κ1) is 19.9. The molecule has 0 saturated heterocycles. The van der Waals surface area contributed by atoms with E-state index in [0.29, 0.717) is 53.7 Å². The van der Waals surface area contributed by atoms with Crippen molar-refractivity contribution in [3.63, 3.8) is 0 Å². The van der Waals surface area contributed by atoms with Gasteiger partial charge in [0.05, 0.1) is 39.8 Å². The van der Waals surface area contributed by atoms with Crippen LogP contribution in [0, 0.1) is 5.82 Å². The van der Waals surface area contributed by atoms with E-state index in [4.69, 9.17) is 29.9 Å². The van der Waals surface area contributed by atoms with Gasteiger partial charge in [-0.15, -0.1) is 0 Å². The zero-order chi connectivity index (χ0) is 27.6. The fourth-order valence-electron chi connectivity index (χ4n) is 3.62. The number of aromatic nitrogens is 3. The van der Waals surface area contributed by atoms with Crippen molar-refractivity contribution in [2.24, 2.45) is 0 Å². The first-order valence-electron chi connectivity index (χ1n) is 12.3. The Kier molecular flexibility index (Phi) is 5.61. The molecule has 2 N–H and O–H groups in total. The monoisotopic (exact) mass is 512 g/mol. The van der Waals surface area contributed by atoms with Gasteiger partial charge in [-0.2, -0.15) is 0 Å². The molecule has 36 heavy (non-hydrogen) atoms. The van der Waals surface area contributed by atoms with Crippen molar-refractivity contribution >= 4 is 45.6 Å². The quantitative estimate of drug-likeness (QED) is 0.338. The van der Waals surface area contributed by atoms with E-state index in [1.54, 1.807) is 23.0 Å². The van der Waals surface area contributed by atoms with Crippen LogP contribution < -0.4 is 24.8 Å². The highest BCUT2D eigenvalue weighted by Gasteiger charge is 2.15. The highest BCUT2D eigenvalue weighted by Crippen LogP contribution is 2.34. The summed E-state index contributed by atoms with van der Waals surface area (Å²) in [7, 11) is -2.78. The SMILES string of the molecule is [2H]C([2H])([2H])Oc1cc2ncnc(Nc3ccc(F)c(Cl)c3)c2cc1NC(=O)/C=C/Cn1cc2c(c1)OCCO2. The van der Waals surface area contributed by atoms with Crippen LogP contribution in [0.25, 0.3) is 10.9 Å². The van der Waals surface area contributed by atoms with E-state index in [1.165, 1.54) is 42.7 Å². The zero-order valence-electron chi connectivity index (χ0n) is 21.6. The minimum atomic E-state index is -2.78. The third-order valence-electron chi connectivity index (χ3n) is 5.28. The second-order valence-corrected chi connectivity index (χ2v) is 8.12. The summed E-state index contributed by atoms with van der Waals surface area (Å²) in [4.78, 5) is 21.2. The smallest absolute Gasteiger partial charge is 0.248 e. The fourth-order valence-corrected chi connectivity index (χ4v) is 3.80. The summed E-state index contributed by atoms with van der Waals surface area (Å²) in [5.74, 6) is 0.386. The molecule has 0 unspecified atom stereocenters. The Morgan fingerprint density at radius 3 is 2.81 bits per heavy atom. The molecule has 1 amide bonds. The number of ether oxygens (including phenoxy) is 3. The lowest BCUT2D eigenvalue weighted by Gasteiger charge is -2.13. The summed E-state index contributed by atoms with van der Waals surface area (Å²) >= 11 is 5.88. The van der Waals surface area contributed by atoms with E-state index in [1.807, 2.05) is 0 Å². The molecule has 0 fully saturated rings. The van der Waals surface area contributed by atoms with E-state index >= 15 is 0 Å². The minimum absolute atomic E-state index is 0.0772. The van der Waals surface area contributed by atoms with Crippen LogP contribution in [0.2, 0.25) is 5.02 Å². The molecule has 1 aliphatic rings. The van der Waals surface area contributed by atoms with Crippen molar-refractivity contribution in [2.75, 3.05) is 30.9 Å². The molecular formula is C25H21ClFN5O4. The van der Waals surface area contributed by atoms with E-state index < -0.39 is 18.8 Å². The van der Waals surface area contributed by atoms with Crippen LogP contribution in [0.3, 0.4) is 0 Å². The van der Waals surface area contributed by atoms with Crippen molar-refractivity contribution < 1.29 is 27.5 Å². The minimum Gasteiger partial charge on any atom is -0.494 e. The molecule has 9 nitrogen and oxygen atoms in total. The molecule has 1 aliphatic heterocycles. The van der Waals surface area contributed by atoms with Gasteiger partial charge in [0.15, 0.2) is 11.5 Å². The Balaban J connectivity index is 1.40. The predicted molar refractivity (Wildman–Crippen MR) is 134 cm³/mol. The van der Waals surface area contributed by atoms with Crippen molar-refractivity contribution in [2.45, 2.75) is 6.54 Å². The van der Waals surface area contributed by atoms with Gasteiger partial charge >= 0.3 is 0 Å². The third-order valence-corrected chi connectivity index (χ3v) is 5.57. The van der Waals surface area contributed by atoms with Gasteiger partial charge in [-0.3, -0.25) is 4.79 Å². The Morgan fingerprint density at radius 1 is 1.25 bits per heavy atom. The summed E-state index contributed by atoms with van der Waals surface area (Å²) in [5, 5.41) is 6.05. The number of hydrogen-bond acceptors (Lipinski definition) is 7. The number of anilines is 3. The van der Waals surface area contributed by atoms with Gasteiger partial charge in [-0.1, -0.05) is 17.7 Å². The molecule has 0 aliphatic carbocycles. The van der Waals surface area contributed by atoms with Crippen LogP contribution in [0.5, 0.6) is 17.2 Å². The molecule has 4 aromatic rings. The number of fused-ring (bicyclic) bond motifs is 2. The molecule has 2 aromatic carbocycles. The second kappa shape index (κ2) is 10.1. The maximum atomic E-state index is 13.6. The Labute approximate surface area is 214 Å². The predicted octanol–water partition coefficient (Wildman–Crippen LogP) is 4.94. The number of benzene rings is 2. The first-order chi connectivity index (χ1) is 18.6. The van der Waals surface area contributed by atoms with Crippen LogP contribution in [-0.2, 0) is 11.3 Å². The van der Waals surface area contributed by atoms with Crippen LogP contribution in [0.4, 0.5) is 21.6 Å². The van der Waals surface area contributed by atoms with Gasteiger partial charge in [0.25, 0.3) is 0 Å². The molecule has 184 valence electrons. The van der Waals surface area contributed by atoms with Crippen LogP contribution in [0.1, 0.15) is 4.11 Å². The molecule has 0 radical (unpaired) electrons.